The van der Waals surface area contributed by atoms with E-state index in [1.807, 2.05) is 17.0 Å². The first-order valence-corrected chi connectivity index (χ1v) is 10.6. The van der Waals surface area contributed by atoms with E-state index in [-0.39, 0.29) is 12.0 Å². The molecule has 1 amide bonds. The second kappa shape index (κ2) is 9.20. The van der Waals surface area contributed by atoms with E-state index < -0.39 is 0 Å². The average Bonchev–Trinajstić information content (AvgIpc) is 2.76. The van der Waals surface area contributed by atoms with Crippen molar-refractivity contribution in [1.82, 2.24) is 9.88 Å². The highest BCUT2D eigenvalue weighted by Gasteiger charge is 2.24. The Balaban J connectivity index is 1.38. The summed E-state index contributed by atoms with van der Waals surface area (Å²) in [6.45, 7) is 4.01. The van der Waals surface area contributed by atoms with E-state index in [4.69, 9.17) is 32.7 Å². The van der Waals surface area contributed by atoms with Crippen molar-refractivity contribution < 1.29 is 14.3 Å². The summed E-state index contributed by atoms with van der Waals surface area (Å²) in [5, 5.41) is 1.09. The maximum Gasteiger partial charge on any atom is 0.254 e. The molecule has 0 unspecified atom stereocenters. The lowest BCUT2D eigenvalue weighted by molar-refractivity contribution is 0.0236. The summed E-state index contributed by atoms with van der Waals surface area (Å²) in [6.07, 6.45) is 3.40. The van der Waals surface area contributed by atoms with Crippen molar-refractivity contribution in [1.29, 1.82) is 0 Å². The van der Waals surface area contributed by atoms with Crippen molar-refractivity contribution >= 4 is 34.8 Å². The number of hydrogen-bond donors (Lipinski definition) is 0. The van der Waals surface area contributed by atoms with Gasteiger partial charge in [0, 0.05) is 56.8 Å². The summed E-state index contributed by atoms with van der Waals surface area (Å²) in [4.78, 5) is 21.2. The van der Waals surface area contributed by atoms with Gasteiger partial charge < -0.3 is 19.3 Å². The van der Waals surface area contributed by atoms with E-state index >= 15 is 0 Å². The van der Waals surface area contributed by atoms with Crippen molar-refractivity contribution in [3.8, 4) is 5.88 Å². The third kappa shape index (κ3) is 4.77. The predicted octanol–water partition coefficient (Wildman–Crippen LogP) is 3.91. The molecule has 154 valence electrons. The first-order chi connectivity index (χ1) is 14.1. The summed E-state index contributed by atoms with van der Waals surface area (Å²) >= 11 is 12.5. The molecule has 4 rings (SSSR count). The van der Waals surface area contributed by atoms with Gasteiger partial charge in [0.15, 0.2) is 0 Å². The highest BCUT2D eigenvalue weighted by molar-refractivity contribution is 6.43. The molecule has 6 nitrogen and oxygen atoms in total. The second-order valence-electron chi connectivity index (χ2n) is 7.16. The third-order valence-corrected chi connectivity index (χ3v) is 6.09. The number of aromatic nitrogens is 1. The molecule has 29 heavy (non-hydrogen) atoms. The molecule has 2 aliphatic rings. The molecule has 2 aliphatic heterocycles. The van der Waals surface area contributed by atoms with Crippen LogP contribution in [0, 0.1) is 0 Å². The minimum absolute atomic E-state index is 0.0129. The molecule has 1 aromatic heterocycles. The van der Waals surface area contributed by atoms with Gasteiger partial charge in [-0.3, -0.25) is 4.79 Å². The van der Waals surface area contributed by atoms with Gasteiger partial charge in [-0.15, -0.1) is 0 Å². The van der Waals surface area contributed by atoms with Crippen LogP contribution < -0.4 is 9.64 Å². The number of hydrogen-bond acceptors (Lipinski definition) is 5. The van der Waals surface area contributed by atoms with Gasteiger partial charge in [0.1, 0.15) is 6.10 Å². The maximum absolute atomic E-state index is 13.0. The van der Waals surface area contributed by atoms with Gasteiger partial charge in [0.05, 0.1) is 28.9 Å². The lowest BCUT2D eigenvalue weighted by Crippen LogP contribution is -2.48. The molecule has 0 spiro atoms. The molecule has 0 radical (unpaired) electrons. The zero-order valence-electron chi connectivity index (χ0n) is 16.0. The number of carbonyl (C=O) groups excluding carboxylic acids is 1. The molecule has 2 aromatic rings. The zero-order valence-corrected chi connectivity index (χ0v) is 17.5. The van der Waals surface area contributed by atoms with Crippen LogP contribution in [-0.2, 0) is 4.74 Å². The highest BCUT2D eigenvalue weighted by atomic mass is 35.5. The number of anilines is 1. The number of benzene rings is 1. The second-order valence-corrected chi connectivity index (χ2v) is 7.95. The Hall–Kier alpha value is -2.02. The number of pyridine rings is 1. The lowest BCUT2D eigenvalue weighted by atomic mass is 10.1. The number of piperazine rings is 1. The quantitative estimate of drug-likeness (QED) is 0.728. The highest BCUT2D eigenvalue weighted by Crippen LogP contribution is 2.33. The van der Waals surface area contributed by atoms with Crippen LogP contribution in [0.4, 0.5) is 5.69 Å². The van der Waals surface area contributed by atoms with Gasteiger partial charge in [0.25, 0.3) is 5.91 Å². The lowest BCUT2D eigenvalue weighted by Gasteiger charge is -2.36. The predicted molar refractivity (Wildman–Crippen MR) is 113 cm³/mol. The topological polar surface area (TPSA) is 54.9 Å². The van der Waals surface area contributed by atoms with Crippen LogP contribution >= 0.6 is 23.2 Å². The smallest absolute Gasteiger partial charge is 0.254 e. The first-order valence-electron chi connectivity index (χ1n) is 9.80. The van der Waals surface area contributed by atoms with E-state index in [9.17, 15) is 4.79 Å². The number of nitrogens with zero attached hydrogens (tertiary/aromatic N) is 3. The fourth-order valence-corrected chi connectivity index (χ4v) is 4.06. The molecule has 2 fully saturated rings. The number of rotatable bonds is 4. The van der Waals surface area contributed by atoms with Crippen molar-refractivity contribution in [3.05, 3.63) is 52.1 Å². The van der Waals surface area contributed by atoms with Crippen molar-refractivity contribution in [2.45, 2.75) is 18.9 Å². The van der Waals surface area contributed by atoms with E-state index in [0.29, 0.717) is 60.9 Å². The first kappa shape index (κ1) is 20.3. The minimum Gasteiger partial charge on any atom is -0.474 e. The molecular formula is C21H23Cl2N3O3. The number of carbonyl (C=O) groups is 1. The summed E-state index contributed by atoms with van der Waals surface area (Å²) in [5.74, 6) is 0.480. The van der Waals surface area contributed by atoms with Gasteiger partial charge in [-0.25, -0.2) is 4.98 Å². The number of amides is 1. The van der Waals surface area contributed by atoms with Crippen LogP contribution in [0.1, 0.15) is 23.2 Å². The van der Waals surface area contributed by atoms with Crippen LogP contribution in [0.2, 0.25) is 10.0 Å². The van der Waals surface area contributed by atoms with Crippen LogP contribution in [-0.4, -0.2) is 61.3 Å². The maximum atomic E-state index is 13.0. The molecule has 3 heterocycles. The standard InChI is InChI=1S/C21H23Cl2N3O3/c22-17-2-1-3-18(20(17)23)25-8-10-26(11-9-25)21(27)15-4-7-24-19(14-15)29-16-5-12-28-13-6-16/h1-4,7,14,16H,5-6,8-13H2. The van der Waals surface area contributed by atoms with Gasteiger partial charge >= 0.3 is 0 Å². The Morgan fingerprint density at radius 3 is 2.62 bits per heavy atom. The molecule has 1 aromatic carbocycles. The Morgan fingerprint density at radius 2 is 1.86 bits per heavy atom. The van der Waals surface area contributed by atoms with Crippen LogP contribution in [0.5, 0.6) is 5.88 Å². The summed E-state index contributed by atoms with van der Waals surface area (Å²) in [5.41, 5.74) is 1.50. The number of ether oxygens (including phenoxy) is 2. The fraction of sp³-hybridized carbons (Fsp3) is 0.429. The SMILES string of the molecule is O=C(c1ccnc(OC2CCOCC2)c1)N1CCN(c2cccc(Cl)c2Cl)CC1. The van der Waals surface area contributed by atoms with Crippen LogP contribution in [0.25, 0.3) is 0 Å². The monoisotopic (exact) mass is 435 g/mol. The van der Waals surface area contributed by atoms with Crippen molar-refractivity contribution in [3.63, 3.8) is 0 Å². The summed E-state index contributed by atoms with van der Waals surface area (Å²) < 4.78 is 11.3. The van der Waals surface area contributed by atoms with Gasteiger partial charge in [-0.1, -0.05) is 29.3 Å². The molecule has 0 aliphatic carbocycles. The van der Waals surface area contributed by atoms with E-state index in [1.165, 1.54) is 0 Å². The van der Waals surface area contributed by atoms with Crippen molar-refractivity contribution in [2.75, 3.05) is 44.3 Å². The van der Waals surface area contributed by atoms with Crippen molar-refractivity contribution in [2.24, 2.45) is 0 Å². The largest absolute Gasteiger partial charge is 0.474 e. The minimum atomic E-state index is -0.0129. The van der Waals surface area contributed by atoms with E-state index in [2.05, 4.69) is 9.88 Å². The molecule has 0 bridgehead atoms. The Labute approximate surface area is 180 Å². The molecular weight excluding hydrogens is 413 g/mol. The Morgan fingerprint density at radius 1 is 1.10 bits per heavy atom. The molecule has 0 atom stereocenters. The number of halogens is 2. The van der Waals surface area contributed by atoms with E-state index in [1.54, 1.807) is 24.4 Å². The van der Waals surface area contributed by atoms with E-state index in [0.717, 1.165) is 18.5 Å². The molecule has 0 N–H and O–H groups in total. The summed E-state index contributed by atoms with van der Waals surface area (Å²) in [7, 11) is 0. The molecule has 8 heteroatoms. The average molecular weight is 436 g/mol. The third-order valence-electron chi connectivity index (χ3n) is 5.28. The molecule has 2 saturated heterocycles. The Bertz CT molecular complexity index is 866. The normalized spacial score (nSPS) is 18.0. The van der Waals surface area contributed by atoms with Crippen LogP contribution in [0.15, 0.2) is 36.5 Å². The van der Waals surface area contributed by atoms with Gasteiger partial charge in [-0.05, 0) is 18.2 Å². The fourth-order valence-electron chi connectivity index (χ4n) is 3.64. The molecule has 0 saturated carbocycles. The van der Waals surface area contributed by atoms with Crippen LogP contribution in [0.3, 0.4) is 0 Å². The Kier molecular flexibility index (Phi) is 6.43. The van der Waals surface area contributed by atoms with Gasteiger partial charge in [-0.2, -0.15) is 0 Å². The summed E-state index contributed by atoms with van der Waals surface area (Å²) in [6, 6.07) is 9.08. The van der Waals surface area contributed by atoms with Gasteiger partial charge in [0.2, 0.25) is 5.88 Å². The zero-order chi connectivity index (χ0) is 20.2.